The molecule has 1 aliphatic heterocycles. The van der Waals surface area contributed by atoms with Gasteiger partial charge in [0.1, 0.15) is 0 Å². The lowest BCUT2D eigenvalue weighted by molar-refractivity contribution is -0.120. The van der Waals surface area contributed by atoms with Crippen molar-refractivity contribution in [1.82, 2.24) is 14.5 Å². The maximum absolute atomic E-state index is 12.2. The highest BCUT2D eigenvalue weighted by Crippen LogP contribution is 2.39. The van der Waals surface area contributed by atoms with Crippen LogP contribution in [0.25, 0.3) is 11.0 Å². The number of fused-ring (bicyclic) bond motifs is 2. The Morgan fingerprint density at radius 3 is 2.87 bits per heavy atom. The number of amides is 1. The van der Waals surface area contributed by atoms with Crippen molar-refractivity contribution < 1.29 is 4.79 Å². The second kappa shape index (κ2) is 7.71. The normalized spacial score (nSPS) is 22.5. The van der Waals surface area contributed by atoms with Gasteiger partial charge in [0.05, 0.1) is 17.0 Å². The molecule has 1 aromatic heterocycles. The van der Waals surface area contributed by atoms with E-state index in [0.717, 1.165) is 55.5 Å². The van der Waals surface area contributed by atoms with Gasteiger partial charge in [-0.25, -0.2) is 4.98 Å². The van der Waals surface area contributed by atoms with Crippen molar-refractivity contribution >= 4 is 28.5 Å². The summed E-state index contributed by atoms with van der Waals surface area (Å²) in [5.74, 6) is -0.167. The number of benzene rings is 2. The quantitative estimate of drug-likeness (QED) is 0.695. The summed E-state index contributed by atoms with van der Waals surface area (Å²) in [6.07, 6.45) is 2.94. The number of hydrogen-bond donors (Lipinski definition) is 1. The van der Waals surface area contributed by atoms with Crippen LogP contribution in [0.15, 0.2) is 36.4 Å². The first-order valence-electron chi connectivity index (χ1n) is 10.7. The number of nitrogens with two attached hydrogens (primary N) is 1. The average molecular weight is 422 g/mol. The van der Waals surface area contributed by atoms with Crippen LogP contribution in [0.1, 0.15) is 41.5 Å². The molecule has 30 heavy (non-hydrogen) atoms. The van der Waals surface area contributed by atoms with E-state index < -0.39 is 0 Å². The summed E-state index contributed by atoms with van der Waals surface area (Å²) in [4.78, 5) is 19.2. The van der Waals surface area contributed by atoms with Gasteiger partial charge in [-0.2, -0.15) is 0 Å². The third-order valence-electron chi connectivity index (χ3n) is 6.80. The monoisotopic (exact) mass is 421 g/mol. The predicted molar refractivity (Wildman–Crippen MR) is 119 cm³/mol. The zero-order valence-corrected chi connectivity index (χ0v) is 17.9. The molecule has 2 atom stereocenters. The van der Waals surface area contributed by atoms with Gasteiger partial charge < -0.3 is 15.2 Å². The van der Waals surface area contributed by atoms with E-state index >= 15 is 0 Å². The van der Waals surface area contributed by atoms with E-state index in [9.17, 15) is 4.79 Å². The van der Waals surface area contributed by atoms with Crippen LogP contribution >= 0.6 is 11.6 Å². The van der Waals surface area contributed by atoms with E-state index in [1.165, 1.54) is 11.1 Å². The van der Waals surface area contributed by atoms with Crippen LogP contribution in [0, 0.1) is 18.9 Å². The Kier molecular flexibility index (Phi) is 5.03. The van der Waals surface area contributed by atoms with Crippen molar-refractivity contribution in [3.8, 4) is 0 Å². The number of aromatic nitrogens is 2. The maximum Gasteiger partial charge on any atom is 0.225 e. The highest BCUT2D eigenvalue weighted by molar-refractivity contribution is 6.29. The number of imidazole rings is 1. The summed E-state index contributed by atoms with van der Waals surface area (Å²) < 4.78 is 2.20. The number of rotatable bonds is 4. The first kappa shape index (κ1) is 19.6. The van der Waals surface area contributed by atoms with Crippen molar-refractivity contribution in [2.75, 3.05) is 19.6 Å². The van der Waals surface area contributed by atoms with Crippen LogP contribution in [-0.2, 0) is 11.2 Å². The predicted octanol–water partition coefficient (Wildman–Crippen LogP) is 3.88. The minimum absolute atomic E-state index is 0.192. The molecule has 1 unspecified atom stereocenters. The zero-order valence-electron chi connectivity index (χ0n) is 17.1. The molecule has 1 amide bonds. The number of carbonyl (C=O) groups is 1. The molecule has 2 N–H and O–H groups in total. The Balaban J connectivity index is 1.28. The first-order chi connectivity index (χ1) is 14.5. The summed E-state index contributed by atoms with van der Waals surface area (Å²) >= 11 is 6.52. The summed E-state index contributed by atoms with van der Waals surface area (Å²) in [6, 6.07) is 15.7. The lowest BCUT2D eigenvalue weighted by Gasteiger charge is -2.35. The smallest absolute Gasteiger partial charge is 0.225 e. The molecule has 1 aliphatic carbocycles. The molecule has 1 saturated heterocycles. The number of likely N-dealkylation sites (tertiary alicyclic amines) is 1. The van der Waals surface area contributed by atoms with E-state index in [-0.39, 0.29) is 17.7 Å². The van der Waals surface area contributed by atoms with E-state index in [0.29, 0.717) is 11.3 Å². The lowest BCUT2D eigenvalue weighted by Crippen LogP contribution is -2.40. The van der Waals surface area contributed by atoms with Crippen molar-refractivity contribution in [2.24, 2.45) is 11.7 Å². The fourth-order valence-electron chi connectivity index (χ4n) is 5.39. The average Bonchev–Trinajstić information content (AvgIpc) is 3.24. The van der Waals surface area contributed by atoms with Gasteiger partial charge >= 0.3 is 0 Å². The molecule has 2 aromatic carbocycles. The van der Waals surface area contributed by atoms with Gasteiger partial charge in [0.2, 0.25) is 11.2 Å². The standard InChI is InChI=1S/C24H26ClN4O/c1-15-6-7-21-20(12-15)27-24(25)29(21)18-8-10-28(11-9-18)14-17-13-16-4-2-3-5-19(16)22(17)23(26)30/h3-7,12,17-18,22H,8-11,13-14H2,1H3,(H2,26,30)/t17?,22-/m1/s1. The Bertz CT molecular complexity index is 1100. The van der Waals surface area contributed by atoms with Crippen LogP contribution in [0.2, 0.25) is 5.28 Å². The van der Waals surface area contributed by atoms with Crippen LogP contribution in [0.4, 0.5) is 0 Å². The highest BCUT2D eigenvalue weighted by atomic mass is 35.5. The molecular formula is C24H26ClN4O. The highest BCUT2D eigenvalue weighted by Gasteiger charge is 2.37. The maximum atomic E-state index is 12.2. The molecule has 2 aliphatic rings. The van der Waals surface area contributed by atoms with Crippen molar-refractivity contribution in [3.63, 3.8) is 0 Å². The fourth-order valence-corrected chi connectivity index (χ4v) is 5.71. The molecule has 0 saturated carbocycles. The van der Waals surface area contributed by atoms with Crippen LogP contribution in [-0.4, -0.2) is 40.0 Å². The first-order valence-corrected chi connectivity index (χ1v) is 11.0. The SMILES string of the molecule is Cc1ccc2c(c1)nc(Cl)n2C1CCN(CC2Cc3c[c]ccc3[C@@H]2C(N)=O)CC1. The van der Waals surface area contributed by atoms with E-state index in [2.05, 4.69) is 45.6 Å². The topological polar surface area (TPSA) is 64.2 Å². The third-order valence-corrected chi connectivity index (χ3v) is 7.07. The van der Waals surface area contributed by atoms with Crippen molar-refractivity contribution in [3.05, 3.63) is 64.4 Å². The zero-order chi connectivity index (χ0) is 20.8. The Morgan fingerprint density at radius 1 is 1.30 bits per heavy atom. The van der Waals surface area contributed by atoms with Gasteiger partial charge in [0.15, 0.2) is 0 Å². The van der Waals surface area contributed by atoms with Gasteiger partial charge in [0.25, 0.3) is 0 Å². The van der Waals surface area contributed by atoms with Crippen molar-refractivity contribution in [2.45, 2.75) is 38.1 Å². The van der Waals surface area contributed by atoms with E-state index in [1.54, 1.807) is 0 Å². The molecule has 1 fully saturated rings. The molecule has 5 nitrogen and oxygen atoms in total. The van der Waals surface area contributed by atoms with Crippen LogP contribution in [0.3, 0.4) is 0 Å². The Morgan fingerprint density at radius 2 is 2.10 bits per heavy atom. The largest absolute Gasteiger partial charge is 0.369 e. The lowest BCUT2D eigenvalue weighted by atomic mass is 9.90. The number of carbonyl (C=O) groups excluding carboxylic acids is 1. The molecule has 0 spiro atoms. The Labute approximate surface area is 181 Å². The van der Waals surface area contributed by atoms with E-state index in [1.807, 2.05) is 18.2 Å². The molecule has 1 radical (unpaired) electrons. The second-order valence-corrected chi connectivity index (χ2v) is 9.08. The summed E-state index contributed by atoms with van der Waals surface area (Å²) in [7, 11) is 0. The van der Waals surface area contributed by atoms with E-state index in [4.69, 9.17) is 17.3 Å². The molecular weight excluding hydrogens is 396 g/mol. The molecule has 3 aromatic rings. The molecule has 155 valence electrons. The Hall–Kier alpha value is -2.37. The molecule has 6 heteroatoms. The molecule has 0 bridgehead atoms. The van der Waals surface area contributed by atoms with Crippen LogP contribution in [0.5, 0.6) is 0 Å². The number of primary amides is 1. The molecule has 2 heterocycles. The second-order valence-electron chi connectivity index (χ2n) is 8.74. The number of hydrogen-bond acceptors (Lipinski definition) is 3. The van der Waals surface area contributed by atoms with Gasteiger partial charge in [-0.05, 0) is 78.6 Å². The van der Waals surface area contributed by atoms with Gasteiger partial charge in [-0.15, -0.1) is 0 Å². The van der Waals surface area contributed by atoms with Gasteiger partial charge in [-0.3, -0.25) is 4.79 Å². The fraction of sp³-hybridized carbons (Fsp3) is 0.417. The summed E-state index contributed by atoms with van der Waals surface area (Å²) in [5.41, 5.74) is 11.4. The minimum atomic E-state index is -0.216. The number of halogens is 1. The minimum Gasteiger partial charge on any atom is -0.369 e. The van der Waals surface area contributed by atoms with Crippen molar-refractivity contribution in [1.29, 1.82) is 0 Å². The third kappa shape index (κ3) is 3.40. The van der Waals surface area contributed by atoms with Gasteiger partial charge in [0, 0.05) is 25.7 Å². The van der Waals surface area contributed by atoms with Crippen LogP contribution < -0.4 is 5.73 Å². The number of piperidine rings is 1. The number of aryl methyl sites for hydroxylation is 1. The van der Waals surface area contributed by atoms with Gasteiger partial charge in [-0.1, -0.05) is 24.3 Å². The number of nitrogens with zero attached hydrogens (tertiary/aromatic N) is 3. The summed E-state index contributed by atoms with van der Waals surface area (Å²) in [5, 5.41) is 0.574. The summed E-state index contributed by atoms with van der Waals surface area (Å²) in [6.45, 7) is 4.93. The molecule has 5 rings (SSSR count).